The maximum Gasteiger partial charge on any atom is 0.381 e. The van der Waals surface area contributed by atoms with Gasteiger partial charge in [-0.05, 0) is 6.92 Å². The average molecular weight is 165 g/mol. The van der Waals surface area contributed by atoms with E-state index in [4.69, 9.17) is 5.11 Å². The lowest BCUT2D eigenvalue weighted by molar-refractivity contribution is -0.136. The van der Waals surface area contributed by atoms with Gasteiger partial charge in [0.25, 0.3) is 5.66 Å². The minimum absolute atomic E-state index is 0.0167. The first-order valence-electron chi connectivity index (χ1n) is 2.75. The van der Waals surface area contributed by atoms with E-state index in [1.165, 1.54) is 14.0 Å². The Morgan fingerprint density at radius 3 is 2.60 bits per heavy atom. The zero-order chi connectivity index (χ0) is 8.15. The molecular formula is C5H10O4P+. The standard InChI is InChI=1S/C5H9O4P/c1-4(5(6)7)10(8)3-9-2/h4H,3H2,1-2H3/p+1. The molecule has 0 saturated carbocycles. The number of hydrogen-bond donors (Lipinski definition) is 1. The van der Waals surface area contributed by atoms with Gasteiger partial charge in [-0.3, -0.25) is 0 Å². The summed E-state index contributed by atoms with van der Waals surface area (Å²) >= 11 is 0. The Kier molecular flexibility index (Phi) is 4.16. The molecule has 10 heavy (non-hydrogen) atoms. The van der Waals surface area contributed by atoms with Gasteiger partial charge in [0.05, 0.1) is 0 Å². The molecule has 0 fully saturated rings. The van der Waals surface area contributed by atoms with E-state index in [1.54, 1.807) is 0 Å². The van der Waals surface area contributed by atoms with Gasteiger partial charge >= 0.3 is 13.8 Å². The molecule has 0 saturated heterocycles. The van der Waals surface area contributed by atoms with Crippen molar-refractivity contribution >= 4 is 13.8 Å². The van der Waals surface area contributed by atoms with Crippen molar-refractivity contribution in [3.63, 3.8) is 0 Å². The van der Waals surface area contributed by atoms with Crippen LogP contribution in [0.4, 0.5) is 0 Å². The summed E-state index contributed by atoms with van der Waals surface area (Å²) in [6.07, 6.45) is 0.0167. The minimum Gasteiger partial charge on any atom is -0.478 e. The largest absolute Gasteiger partial charge is 0.478 e. The van der Waals surface area contributed by atoms with E-state index < -0.39 is 19.4 Å². The normalized spacial score (nSPS) is 14.4. The van der Waals surface area contributed by atoms with Crippen LogP contribution in [-0.2, 0) is 14.1 Å². The van der Waals surface area contributed by atoms with Crippen LogP contribution in [0.2, 0.25) is 0 Å². The van der Waals surface area contributed by atoms with Gasteiger partial charge in [0, 0.05) is 7.11 Å². The number of methoxy groups -OCH3 is 1. The molecule has 58 valence electrons. The number of rotatable bonds is 4. The molecule has 0 aromatic carbocycles. The number of carbonyl (C=O) groups is 1. The first-order chi connectivity index (χ1) is 4.59. The molecular weight excluding hydrogens is 155 g/mol. The first-order valence-corrected chi connectivity index (χ1v) is 4.26. The highest BCUT2D eigenvalue weighted by Crippen LogP contribution is 2.27. The molecule has 5 heteroatoms. The van der Waals surface area contributed by atoms with Crippen molar-refractivity contribution in [2.75, 3.05) is 13.5 Å². The summed E-state index contributed by atoms with van der Waals surface area (Å²) < 4.78 is 15.4. The third-order valence-electron chi connectivity index (χ3n) is 1.05. The highest BCUT2D eigenvalue weighted by atomic mass is 31.1. The van der Waals surface area contributed by atoms with Gasteiger partial charge in [-0.1, -0.05) is 4.57 Å². The van der Waals surface area contributed by atoms with Gasteiger partial charge in [0.2, 0.25) is 6.35 Å². The summed E-state index contributed by atoms with van der Waals surface area (Å²) in [6, 6.07) is 0. The van der Waals surface area contributed by atoms with Crippen molar-refractivity contribution in [2.45, 2.75) is 12.6 Å². The fourth-order valence-electron chi connectivity index (χ4n) is 0.362. The number of carboxylic acids is 1. The van der Waals surface area contributed by atoms with Crippen LogP contribution in [0.3, 0.4) is 0 Å². The summed E-state index contributed by atoms with van der Waals surface area (Å²) in [5, 5.41) is 8.34. The second kappa shape index (κ2) is 4.36. The molecule has 2 atom stereocenters. The Balaban J connectivity index is 3.82. The third kappa shape index (κ3) is 2.90. The molecule has 0 aromatic rings. The van der Waals surface area contributed by atoms with Crippen LogP contribution >= 0.6 is 7.80 Å². The first kappa shape index (κ1) is 9.53. The molecule has 0 radical (unpaired) electrons. The van der Waals surface area contributed by atoms with Gasteiger partial charge in [-0.2, -0.15) is 0 Å². The fourth-order valence-corrected chi connectivity index (χ4v) is 1.09. The van der Waals surface area contributed by atoms with Crippen molar-refractivity contribution in [3.05, 3.63) is 0 Å². The maximum absolute atomic E-state index is 10.8. The highest BCUT2D eigenvalue weighted by Gasteiger charge is 2.31. The van der Waals surface area contributed by atoms with Crippen LogP contribution in [0, 0.1) is 0 Å². The molecule has 0 rings (SSSR count). The summed E-state index contributed by atoms with van der Waals surface area (Å²) in [7, 11) is -0.362. The van der Waals surface area contributed by atoms with Crippen LogP contribution in [0.1, 0.15) is 6.92 Å². The van der Waals surface area contributed by atoms with E-state index >= 15 is 0 Å². The lowest BCUT2D eigenvalue weighted by atomic mass is 10.5. The zero-order valence-electron chi connectivity index (χ0n) is 5.90. The van der Waals surface area contributed by atoms with Gasteiger partial charge in [-0.25, -0.2) is 4.79 Å². The van der Waals surface area contributed by atoms with Gasteiger partial charge < -0.3 is 9.84 Å². The highest BCUT2D eigenvalue weighted by molar-refractivity contribution is 7.46. The Labute approximate surface area is 60.0 Å². The van der Waals surface area contributed by atoms with Gasteiger partial charge in [0.15, 0.2) is 0 Å². The number of ether oxygens (including phenoxy) is 1. The summed E-state index contributed by atoms with van der Waals surface area (Å²) in [5.74, 6) is -1.04. The second-order valence-corrected chi connectivity index (χ2v) is 3.72. The van der Waals surface area contributed by atoms with Crippen LogP contribution in [0.15, 0.2) is 0 Å². The van der Waals surface area contributed by atoms with Crippen LogP contribution < -0.4 is 0 Å². The van der Waals surface area contributed by atoms with Crippen LogP contribution in [0.5, 0.6) is 0 Å². The number of hydrogen-bond acceptors (Lipinski definition) is 3. The van der Waals surface area contributed by atoms with Crippen molar-refractivity contribution in [1.29, 1.82) is 0 Å². The molecule has 0 aliphatic heterocycles. The molecule has 0 aromatic heterocycles. The second-order valence-electron chi connectivity index (χ2n) is 1.85. The molecule has 0 heterocycles. The Bertz CT molecular complexity index is 145. The monoisotopic (exact) mass is 165 g/mol. The minimum atomic E-state index is -1.75. The van der Waals surface area contributed by atoms with Crippen LogP contribution in [-0.4, -0.2) is 30.2 Å². The lowest BCUT2D eigenvalue weighted by Crippen LogP contribution is -2.12. The summed E-state index contributed by atoms with van der Waals surface area (Å²) in [4.78, 5) is 10.2. The SMILES string of the molecule is COC[P+](=O)C(C)C(=O)O. The Hall–Kier alpha value is -0.470. The van der Waals surface area contributed by atoms with Crippen molar-refractivity contribution in [2.24, 2.45) is 0 Å². The molecule has 1 N–H and O–H groups in total. The Morgan fingerprint density at radius 1 is 1.80 bits per heavy atom. The fraction of sp³-hybridized carbons (Fsp3) is 0.800. The molecule has 0 spiro atoms. The molecule has 0 aliphatic rings. The van der Waals surface area contributed by atoms with Crippen molar-refractivity contribution in [1.82, 2.24) is 0 Å². The quantitative estimate of drug-likeness (QED) is 0.628. The maximum atomic E-state index is 10.8. The number of aliphatic carboxylic acids is 1. The smallest absolute Gasteiger partial charge is 0.381 e. The van der Waals surface area contributed by atoms with E-state index in [2.05, 4.69) is 4.74 Å². The average Bonchev–Trinajstić information content (AvgIpc) is 1.87. The predicted octanol–water partition coefficient (Wildman–Crippen LogP) is 0.891. The van der Waals surface area contributed by atoms with Crippen LogP contribution in [0.25, 0.3) is 0 Å². The Morgan fingerprint density at radius 2 is 2.30 bits per heavy atom. The lowest BCUT2D eigenvalue weighted by Gasteiger charge is -1.91. The predicted molar refractivity (Wildman–Crippen MR) is 36.6 cm³/mol. The molecule has 4 nitrogen and oxygen atoms in total. The molecule has 2 unspecified atom stereocenters. The zero-order valence-corrected chi connectivity index (χ0v) is 6.80. The van der Waals surface area contributed by atoms with E-state index in [-0.39, 0.29) is 6.35 Å². The van der Waals surface area contributed by atoms with Crippen molar-refractivity contribution < 1.29 is 19.2 Å². The van der Waals surface area contributed by atoms with Crippen molar-refractivity contribution in [3.8, 4) is 0 Å². The van der Waals surface area contributed by atoms with Gasteiger partial charge in [0.1, 0.15) is 0 Å². The van der Waals surface area contributed by atoms with E-state index in [1.807, 2.05) is 0 Å². The van der Waals surface area contributed by atoms with E-state index in [0.29, 0.717) is 0 Å². The summed E-state index contributed by atoms with van der Waals surface area (Å²) in [5.41, 5.74) is -0.810. The summed E-state index contributed by atoms with van der Waals surface area (Å²) in [6.45, 7) is 1.40. The van der Waals surface area contributed by atoms with E-state index in [9.17, 15) is 9.36 Å². The number of carboxylic acid groups (broad SMARTS) is 1. The van der Waals surface area contributed by atoms with Gasteiger partial charge in [-0.15, -0.1) is 0 Å². The third-order valence-corrected chi connectivity index (χ3v) is 2.64. The van der Waals surface area contributed by atoms with E-state index in [0.717, 1.165) is 0 Å². The molecule has 0 aliphatic carbocycles. The molecule has 0 bridgehead atoms. The molecule has 0 amide bonds. The topological polar surface area (TPSA) is 63.6 Å².